The number of nitrogens with zero attached hydrogens (tertiary/aromatic N) is 4. The molecule has 2 heterocycles. The predicted octanol–water partition coefficient (Wildman–Crippen LogP) is 2.83. The van der Waals surface area contributed by atoms with Gasteiger partial charge >= 0.3 is 5.97 Å². The van der Waals surface area contributed by atoms with E-state index in [1.165, 1.54) is 18.0 Å². The van der Waals surface area contributed by atoms with Crippen LogP contribution in [0.4, 0.5) is 11.5 Å². The van der Waals surface area contributed by atoms with Crippen molar-refractivity contribution in [1.29, 1.82) is 0 Å². The average molecular weight is 327 g/mol. The normalized spacial score (nSPS) is 10.5. The summed E-state index contributed by atoms with van der Waals surface area (Å²) in [6, 6.07) is 9.28. The Morgan fingerprint density at radius 1 is 1.30 bits per heavy atom. The summed E-state index contributed by atoms with van der Waals surface area (Å²) >= 11 is 1.35. The topological polar surface area (TPSA) is 92.9 Å². The molecule has 0 radical (unpaired) electrons. The number of aromatic carboxylic acids is 1. The van der Waals surface area contributed by atoms with Gasteiger partial charge in [0.1, 0.15) is 11.4 Å². The highest BCUT2D eigenvalue weighted by Crippen LogP contribution is 2.22. The fourth-order valence-corrected chi connectivity index (χ4v) is 2.31. The predicted molar refractivity (Wildman–Crippen MR) is 87.6 cm³/mol. The van der Waals surface area contributed by atoms with Crippen molar-refractivity contribution in [2.45, 2.75) is 5.16 Å². The molecule has 2 N–H and O–H groups in total. The van der Waals surface area contributed by atoms with Crippen molar-refractivity contribution in [3.8, 4) is 5.69 Å². The lowest BCUT2D eigenvalue weighted by molar-refractivity contribution is 0.0697. The highest BCUT2D eigenvalue weighted by Gasteiger charge is 2.13. The molecule has 0 saturated carbocycles. The highest BCUT2D eigenvalue weighted by molar-refractivity contribution is 7.98. The van der Waals surface area contributed by atoms with E-state index in [-0.39, 0.29) is 11.4 Å². The highest BCUT2D eigenvalue weighted by atomic mass is 32.2. The van der Waals surface area contributed by atoms with Crippen LogP contribution in [0.3, 0.4) is 0 Å². The van der Waals surface area contributed by atoms with Crippen LogP contribution < -0.4 is 5.32 Å². The third-order valence-electron chi connectivity index (χ3n) is 3.08. The maximum atomic E-state index is 11.3. The van der Waals surface area contributed by atoms with E-state index in [2.05, 4.69) is 20.4 Å². The van der Waals surface area contributed by atoms with Crippen LogP contribution in [0.25, 0.3) is 5.69 Å². The molecule has 0 saturated heterocycles. The number of nitrogens with one attached hydrogen (secondary N) is 1. The molecule has 3 rings (SSSR count). The first-order chi connectivity index (χ1) is 11.2. The minimum atomic E-state index is -1.08. The Morgan fingerprint density at radius 2 is 2.09 bits per heavy atom. The monoisotopic (exact) mass is 327 g/mol. The van der Waals surface area contributed by atoms with E-state index in [9.17, 15) is 9.90 Å². The number of aromatic nitrogens is 4. The maximum absolute atomic E-state index is 11.3. The van der Waals surface area contributed by atoms with Gasteiger partial charge in [0.2, 0.25) is 0 Å². The fourth-order valence-electron chi connectivity index (χ4n) is 1.97. The van der Waals surface area contributed by atoms with Crippen LogP contribution in [0.2, 0.25) is 0 Å². The lowest BCUT2D eigenvalue weighted by Crippen LogP contribution is -2.07. The van der Waals surface area contributed by atoms with Gasteiger partial charge in [-0.2, -0.15) is 5.10 Å². The first-order valence-corrected chi connectivity index (χ1v) is 7.91. The molecule has 0 aliphatic heterocycles. The number of benzene rings is 1. The van der Waals surface area contributed by atoms with Crippen molar-refractivity contribution in [2.75, 3.05) is 11.6 Å². The van der Waals surface area contributed by atoms with Gasteiger partial charge < -0.3 is 10.4 Å². The van der Waals surface area contributed by atoms with Gasteiger partial charge in [-0.25, -0.2) is 19.4 Å². The molecule has 1 aromatic carbocycles. The summed E-state index contributed by atoms with van der Waals surface area (Å²) < 4.78 is 1.74. The summed E-state index contributed by atoms with van der Waals surface area (Å²) in [5, 5.41) is 16.9. The Kier molecular flexibility index (Phi) is 4.24. The molecule has 0 bridgehead atoms. The molecule has 0 aliphatic rings. The standard InChI is InChI=1S/C15H13N5O2S/c1-23-15-16-9-12(14(21)22)13(19-15)18-10-3-5-11(6-4-10)20-8-2-7-17-20/h2-9H,1H3,(H,21,22)(H,16,18,19). The third-order valence-corrected chi connectivity index (χ3v) is 3.64. The second kappa shape index (κ2) is 6.49. The molecule has 0 spiro atoms. The van der Waals surface area contributed by atoms with E-state index in [0.29, 0.717) is 5.16 Å². The molecular formula is C15H13N5O2S. The Morgan fingerprint density at radius 3 is 2.70 bits per heavy atom. The third kappa shape index (κ3) is 3.32. The zero-order chi connectivity index (χ0) is 16.2. The molecular weight excluding hydrogens is 314 g/mol. The van der Waals surface area contributed by atoms with Gasteiger partial charge in [0, 0.05) is 24.3 Å². The lowest BCUT2D eigenvalue weighted by atomic mass is 10.2. The lowest BCUT2D eigenvalue weighted by Gasteiger charge is -2.10. The van der Waals surface area contributed by atoms with Gasteiger partial charge in [-0.15, -0.1) is 0 Å². The molecule has 7 nitrogen and oxygen atoms in total. The fraction of sp³-hybridized carbons (Fsp3) is 0.0667. The molecule has 3 aromatic rings. The Hall–Kier alpha value is -2.87. The van der Waals surface area contributed by atoms with Crippen molar-refractivity contribution in [1.82, 2.24) is 19.7 Å². The molecule has 0 unspecified atom stereocenters. The molecule has 0 atom stereocenters. The maximum Gasteiger partial charge on any atom is 0.341 e. The summed E-state index contributed by atoms with van der Waals surface area (Å²) in [5.74, 6) is -0.808. The molecule has 116 valence electrons. The number of carboxylic acids is 1. The van der Waals surface area contributed by atoms with Gasteiger partial charge in [0.25, 0.3) is 0 Å². The molecule has 23 heavy (non-hydrogen) atoms. The molecule has 8 heteroatoms. The van der Waals surface area contributed by atoms with Gasteiger partial charge in [0.15, 0.2) is 5.16 Å². The van der Waals surface area contributed by atoms with Crippen molar-refractivity contribution < 1.29 is 9.90 Å². The zero-order valence-electron chi connectivity index (χ0n) is 12.2. The van der Waals surface area contributed by atoms with Gasteiger partial charge in [-0.1, -0.05) is 11.8 Å². The largest absolute Gasteiger partial charge is 0.477 e. The van der Waals surface area contributed by atoms with Crippen LogP contribution in [-0.2, 0) is 0 Å². The van der Waals surface area contributed by atoms with E-state index < -0.39 is 5.97 Å². The number of thioether (sulfide) groups is 1. The minimum Gasteiger partial charge on any atom is -0.477 e. The molecule has 0 fully saturated rings. The van der Waals surface area contributed by atoms with E-state index in [1.807, 2.05) is 42.8 Å². The van der Waals surface area contributed by atoms with E-state index >= 15 is 0 Å². The van der Waals surface area contributed by atoms with E-state index in [0.717, 1.165) is 11.4 Å². The number of rotatable bonds is 5. The molecule has 2 aromatic heterocycles. The van der Waals surface area contributed by atoms with Crippen LogP contribution >= 0.6 is 11.8 Å². The number of hydrogen-bond donors (Lipinski definition) is 2. The average Bonchev–Trinajstić information content (AvgIpc) is 3.09. The quantitative estimate of drug-likeness (QED) is 0.550. The number of hydrogen-bond acceptors (Lipinski definition) is 6. The molecule has 0 amide bonds. The Balaban J connectivity index is 1.88. The van der Waals surface area contributed by atoms with Crippen molar-refractivity contribution >= 4 is 29.2 Å². The number of anilines is 2. The van der Waals surface area contributed by atoms with Crippen molar-refractivity contribution in [3.63, 3.8) is 0 Å². The van der Waals surface area contributed by atoms with Gasteiger partial charge in [-0.05, 0) is 36.6 Å². The second-order valence-corrected chi connectivity index (χ2v) is 5.32. The van der Waals surface area contributed by atoms with Crippen molar-refractivity contribution in [2.24, 2.45) is 0 Å². The first-order valence-electron chi connectivity index (χ1n) is 6.69. The Bertz CT molecular complexity index is 818. The number of carboxylic acid groups (broad SMARTS) is 1. The first kappa shape index (κ1) is 15.0. The Labute approximate surface area is 136 Å². The van der Waals surface area contributed by atoms with Crippen LogP contribution in [0.15, 0.2) is 54.1 Å². The van der Waals surface area contributed by atoms with Crippen molar-refractivity contribution in [3.05, 3.63) is 54.5 Å². The van der Waals surface area contributed by atoms with E-state index in [4.69, 9.17) is 0 Å². The van der Waals surface area contributed by atoms with E-state index in [1.54, 1.807) is 10.9 Å². The summed E-state index contributed by atoms with van der Waals surface area (Å²) in [7, 11) is 0. The summed E-state index contributed by atoms with van der Waals surface area (Å²) in [5.41, 5.74) is 1.67. The summed E-state index contributed by atoms with van der Waals surface area (Å²) in [4.78, 5) is 19.5. The van der Waals surface area contributed by atoms with Crippen LogP contribution in [0.1, 0.15) is 10.4 Å². The summed E-state index contributed by atoms with van der Waals surface area (Å²) in [6.45, 7) is 0. The SMILES string of the molecule is CSc1ncc(C(=O)O)c(Nc2ccc(-n3cccn3)cc2)n1. The van der Waals surface area contributed by atoms with Gasteiger partial charge in [-0.3, -0.25) is 0 Å². The summed E-state index contributed by atoms with van der Waals surface area (Å²) in [6.07, 6.45) is 6.69. The van der Waals surface area contributed by atoms with Crippen LogP contribution in [0, 0.1) is 0 Å². The van der Waals surface area contributed by atoms with Gasteiger partial charge in [0.05, 0.1) is 5.69 Å². The van der Waals surface area contributed by atoms with Crippen LogP contribution in [-0.4, -0.2) is 37.1 Å². The minimum absolute atomic E-state index is 0.0268. The number of carbonyl (C=O) groups is 1. The second-order valence-electron chi connectivity index (χ2n) is 4.55. The molecule has 0 aliphatic carbocycles. The van der Waals surface area contributed by atoms with Crippen LogP contribution in [0.5, 0.6) is 0 Å². The smallest absolute Gasteiger partial charge is 0.341 e. The zero-order valence-corrected chi connectivity index (χ0v) is 13.0.